The van der Waals surface area contributed by atoms with E-state index in [9.17, 15) is 14.3 Å². The third-order valence-corrected chi connectivity index (χ3v) is 4.48. The number of cyclic esters (lactones) is 1. The first-order valence-electron chi connectivity index (χ1n) is 8.40. The maximum Gasteiger partial charge on any atom is 0.414 e. The lowest BCUT2D eigenvalue weighted by Crippen LogP contribution is -2.36. The largest absolute Gasteiger partial charge is 0.489 e. The molecule has 1 N–H and O–H groups in total. The Labute approximate surface area is 140 Å². The van der Waals surface area contributed by atoms with Crippen LogP contribution in [0.25, 0.3) is 0 Å². The number of ether oxygens (including phenoxy) is 2. The molecule has 0 saturated carbocycles. The maximum absolute atomic E-state index is 14.2. The number of piperidine rings is 1. The van der Waals surface area contributed by atoms with Gasteiger partial charge in [0, 0.05) is 12.6 Å². The molecule has 2 fully saturated rings. The summed E-state index contributed by atoms with van der Waals surface area (Å²) in [6.07, 6.45) is 3.12. The van der Waals surface area contributed by atoms with E-state index < -0.39 is 18.0 Å². The number of anilines is 1. The van der Waals surface area contributed by atoms with Crippen LogP contribution in [0.3, 0.4) is 0 Å². The summed E-state index contributed by atoms with van der Waals surface area (Å²) < 4.78 is 24.7. The van der Waals surface area contributed by atoms with Crippen LogP contribution in [0.2, 0.25) is 0 Å². The number of carbonyl (C=O) groups is 1. The summed E-state index contributed by atoms with van der Waals surface area (Å²) >= 11 is 0. The number of amides is 1. The second-order valence-corrected chi connectivity index (χ2v) is 6.15. The molecule has 132 valence electrons. The number of nitrogens with zero attached hydrogens (tertiary/aromatic N) is 2. The van der Waals surface area contributed by atoms with Crippen molar-refractivity contribution in [3.05, 3.63) is 24.0 Å². The summed E-state index contributed by atoms with van der Waals surface area (Å²) in [5.41, 5.74) is 0.359. The van der Waals surface area contributed by atoms with Crippen LogP contribution in [-0.2, 0) is 4.74 Å². The molecule has 6 nitrogen and oxygen atoms in total. The van der Waals surface area contributed by atoms with E-state index in [1.807, 2.05) is 0 Å². The Morgan fingerprint density at radius 1 is 1.29 bits per heavy atom. The highest BCUT2D eigenvalue weighted by Gasteiger charge is 2.34. The van der Waals surface area contributed by atoms with E-state index in [4.69, 9.17) is 9.47 Å². The number of benzene rings is 1. The van der Waals surface area contributed by atoms with Gasteiger partial charge in [-0.3, -0.25) is 9.80 Å². The highest BCUT2D eigenvalue weighted by atomic mass is 19.1. The lowest BCUT2D eigenvalue weighted by molar-refractivity contribution is 0.174. The number of rotatable bonds is 6. The van der Waals surface area contributed by atoms with Gasteiger partial charge in [0.1, 0.15) is 13.2 Å². The third-order valence-electron chi connectivity index (χ3n) is 4.48. The molecule has 3 rings (SSSR count). The number of hydrogen-bond acceptors (Lipinski definition) is 5. The van der Waals surface area contributed by atoms with Crippen molar-refractivity contribution in [3.63, 3.8) is 0 Å². The molecule has 7 heteroatoms. The minimum Gasteiger partial charge on any atom is -0.489 e. The minimum absolute atomic E-state index is 0.102. The molecule has 24 heavy (non-hydrogen) atoms. The first-order chi connectivity index (χ1) is 11.7. The SMILES string of the molecule is O=C1OC[C@@H](CO)N1c1ccc(OCCN2CCCCC2)c(F)c1. The van der Waals surface area contributed by atoms with Crippen molar-refractivity contribution < 1.29 is 23.8 Å². The predicted molar refractivity (Wildman–Crippen MR) is 86.9 cm³/mol. The first kappa shape index (κ1) is 17.0. The van der Waals surface area contributed by atoms with E-state index in [-0.39, 0.29) is 19.0 Å². The zero-order chi connectivity index (χ0) is 16.9. The van der Waals surface area contributed by atoms with Gasteiger partial charge in [0.05, 0.1) is 18.3 Å². The summed E-state index contributed by atoms with van der Waals surface area (Å²) in [7, 11) is 0. The minimum atomic E-state index is -0.577. The van der Waals surface area contributed by atoms with Crippen molar-refractivity contribution in [3.8, 4) is 5.75 Å². The number of carbonyl (C=O) groups excluding carboxylic acids is 1. The summed E-state index contributed by atoms with van der Waals surface area (Å²) in [6, 6.07) is 3.88. The molecule has 2 saturated heterocycles. The quantitative estimate of drug-likeness (QED) is 0.860. The van der Waals surface area contributed by atoms with E-state index >= 15 is 0 Å². The van der Waals surface area contributed by atoms with Crippen LogP contribution in [0.4, 0.5) is 14.9 Å². The van der Waals surface area contributed by atoms with Gasteiger partial charge >= 0.3 is 6.09 Å². The van der Waals surface area contributed by atoms with Gasteiger partial charge < -0.3 is 14.6 Å². The number of halogens is 1. The zero-order valence-electron chi connectivity index (χ0n) is 13.6. The van der Waals surface area contributed by atoms with Crippen LogP contribution < -0.4 is 9.64 Å². The summed E-state index contributed by atoms with van der Waals surface area (Å²) in [5, 5.41) is 9.28. The van der Waals surface area contributed by atoms with E-state index in [1.165, 1.54) is 36.3 Å². The fourth-order valence-electron chi connectivity index (χ4n) is 3.14. The van der Waals surface area contributed by atoms with Gasteiger partial charge in [-0.25, -0.2) is 9.18 Å². The highest BCUT2D eigenvalue weighted by Crippen LogP contribution is 2.28. The van der Waals surface area contributed by atoms with E-state index in [2.05, 4.69) is 4.90 Å². The van der Waals surface area contributed by atoms with Gasteiger partial charge in [-0.2, -0.15) is 0 Å². The molecular weight excluding hydrogens is 315 g/mol. The maximum atomic E-state index is 14.2. The molecule has 1 atom stereocenters. The number of aliphatic hydroxyl groups is 1. The first-order valence-corrected chi connectivity index (χ1v) is 8.40. The van der Waals surface area contributed by atoms with Crippen LogP contribution in [0.5, 0.6) is 5.75 Å². The number of aliphatic hydroxyl groups excluding tert-OH is 1. The van der Waals surface area contributed by atoms with Crippen molar-refractivity contribution in [2.45, 2.75) is 25.3 Å². The molecule has 2 heterocycles. The average molecular weight is 338 g/mol. The molecule has 1 amide bonds. The molecule has 1 aromatic carbocycles. The van der Waals surface area contributed by atoms with E-state index in [0.717, 1.165) is 19.6 Å². The van der Waals surface area contributed by atoms with Crippen LogP contribution in [0.15, 0.2) is 18.2 Å². The van der Waals surface area contributed by atoms with Crippen molar-refractivity contribution in [2.24, 2.45) is 0 Å². The summed E-state index contributed by atoms with van der Waals surface area (Å²) in [4.78, 5) is 15.3. The zero-order valence-corrected chi connectivity index (χ0v) is 13.6. The Morgan fingerprint density at radius 2 is 2.08 bits per heavy atom. The fourth-order valence-corrected chi connectivity index (χ4v) is 3.14. The van der Waals surface area contributed by atoms with Gasteiger partial charge in [0.15, 0.2) is 11.6 Å². The summed E-state index contributed by atoms with van der Waals surface area (Å²) in [6.45, 7) is 3.23. The van der Waals surface area contributed by atoms with Crippen molar-refractivity contribution in [1.82, 2.24) is 4.90 Å². The van der Waals surface area contributed by atoms with Crippen molar-refractivity contribution >= 4 is 11.8 Å². The van der Waals surface area contributed by atoms with E-state index in [1.54, 1.807) is 6.07 Å². The fraction of sp³-hybridized carbons (Fsp3) is 0.588. The molecule has 0 radical (unpaired) electrons. The second-order valence-electron chi connectivity index (χ2n) is 6.15. The van der Waals surface area contributed by atoms with Gasteiger partial charge in [0.25, 0.3) is 0 Å². The molecule has 2 aliphatic rings. The topological polar surface area (TPSA) is 62.2 Å². The molecule has 0 aromatic heterocycles. The normalized spacial score (nSPS) is 21.8. The number of likely N-dealkylation sites (tertiary alicyclic amines) is 1. The van der Waals surface area contributed by atoms with Crippen LogP contribution in [0.1, 0.15) is 19.3 Å². The third kappa shape index (κ3) is 3.79. The standard InChI is InChI=1S/C17H23FN2O4/c18-15-10-13(20-14(11-21)12-24-17(20)22)4-5-16(15)23-9-8-19-6-2-1-3-7-19/h4-5,10,14,21H,1-3,6-9,11-12H2/t14-/m1/s1. The van der Waals surface area contributed by atoms with E-state index in [0.29, 0.717) is 12.3 Å². The lowest BCUT2D eigenvalue weighted by Gasteiger charge is -2.26. The van der Waals surface area contributed by atoms with Gasteiger partial charge in [0.2, 0.25) is 0 Å². The number of hydrogen-bond donors (Lipinski definition) is 1. The van der Waals surface area contributed by atoms with Crippen LogP contribution in [-0.4, -0.2) is 61.6 Å². The Balaban J connectivity index is 1.59. The molecule has 0 spiro atoms. The average Bonchev–Trinajstić information content (AvgIpc) is 2.98. The van der Waals surface area contributed by atoms with Gasteiger partial charge in [-0.15, -0.1) is 0 Å². The smallest absolute Gasteiger partial charge is 0.414 e. The molecule has 0 aliphatic carbocycles. The second kappa shape index (κ2) is 7.81. The molecule has 2 aliphatic heterocycles. The Hall–Kier alpha value is -1.86. The molecule has 1 aromatic rings. The van der Waals surface area contributed by atoms with Crippen LogP contribution >= 0.6 is 0 Å². The lowest BCUT2D eigenvalue weighted by atomic mass is 10.1. The predicted octanol–water partition coefficient (Wildman–Crippen LogP) is 2.01. The Bertz CT molecular complexity index is 578. The van der Waals surface area contributed by atoms with Crippen molar-refractivity contribution in [2.75, 3.05) is 44.4 Å². The molecule has 0 bridgehead atoms. The highest BCUT2D eigenvalue weighted by molar-refractivity contribution is 5.90. The monoisotopic (exact) mass is 338 g/mol. The molecular formula is C17H23FN2O4. The van der Waals surface area contributed by atoms with Gasteiger partial charge in [-0.05, 0) is 38.1 Å². The Kier molecular flexibility index (Phi) is 5.52. The van der Waals surface area contributed by atoms with Crippen LogP contribution in [0, 0.1) is 5.82 Å². The summed E-state index contributed by atoms with van der Waals surface area (Å²) in [5.74, 6) is -0.355. The molecule has 0 unspecified atom stereocenters. The van der Waals surface area contributed by atoms with Gasteiger partial charge in [-0.1, -0.05) is 6.42 Å². The van der Waals surface area contributed by atoms with Crippen molar-refractivity contribution in [1.29, 1.82) is 0 Å². The Morgan fingerprint density at radius 3 is 2.79 bits per heavy atom.